The molecule has 1 aromatic rings. The fraction of sp³-hybridized carbons (Fsp3) is 0.500. The highest BCUT2D eigenvalue weighted by Gasteiger charge is 2.28. The molecule has 14 nitrogen and oxygen atoms in total. The number of imidazole rings is 1. The standard InChI is InChI=1S/C16H24N6O8/c17-9(1-2-12(24)25)14(28)22-11(6-23)16(30)21-10(3-8-4-18-7-20-8)15(29)19-5-13(26)27/h4,7,9-11,23H,1-3,5-6,17H2,(H,18,20)(H,19,29)(H,21,30)(H,22,28)(H,24,25)(H,26,27). The van der Waals surface area contributed by atoms with Crippen LogP contribution in [0.15, 0.2) is 12.5 Å². The fourth-order valence-corrected chi connectivity index (χ4v) is 2.27. The molecule has 166 valence electrons. The molecule has 0 saturated carbocycles. The Morgan fingerprint density at radius 3 is 2.23 bits per heavy atom. The van der Waals surface area contributed by atoms with Crippen molar-refractivity contribution in [3.8, 4) is 0 Å². The molecule has 0 fully saturated rings. The van der Waals surface area contributed by atoms with Crippen molar-refractivity contribution in [2.24, 2.45) is 5.73 Å². The molecule has 30 heavy (non-hydrogen) atoms. The van der Waals surface area contributed by atoms with Crippen LogP contribution < -0.4 is 21.7 Å². The number of carbonyl (C=O) groups is 5. The summed E-state index contributed by atoms with van der Waals surface area (Å²) in [6.07, 6.45) is 2.14. The van der Waals surface area contributed by atoms with Gasteiger partial charge < -0.3 is 42.0 Å². The zero-order chi connectivity index (χ0) is 22.7. The summed E-state index contributed by atoms with van der Waals surface area (Å²) in [6.45, 7) is -1.50. The van der Waals surface area contributed by atoms with Gasteiger partial charge in [0.05, 0.1) is 19.0 Å². The lowest BCUT2D eigenvalue weighted by atomic mass is 10.1. The summed E-state index contributed by atoms with van der Waals surface area (Å²) in [5, 5.41) is 33.4. The minimum absolute atomic E-state index is 0.0680. The minimum atomic E-state index is -1.47. The van der Waals surface area contributed by atoms with E-state index in [2.05, 4.69) is 25.9 Å². The highest BCUT2D eigenvalue weighted by Crippen LogP contribution is 2.01. The summed E-state index contributed by atoms with van der Waals surface area (Å²) in [6, 6.07) is -3.92. The maximum absolute atomic E-state index is 12.4. The van der Waals surface area contributed by atoms with Crippen LogP contribution in [0.25, 0.3) is 0 Å². The summed E-state index contributed by atoms with van der Waals surface area (Å²) >= 11 is 0. The summed E-state index contributed by atoms with van der Waals surface area (Å²) in [4.78, 5) is 64.4. The molecule has 1 heterocycles. The molecule has 0 radical (unpaired) electrons. The maximum atomic E-state index is 12.4. The first-order valence-corrected chi connectivity index (χ1v) is 8.79. The van der Waals surface area contributed by atoms with Crippen molar-refractivity contribution in [3.05, 3.63) is 18.2 Å². The number of aromatic amines is 1. The van der Waals surface area contributed by atoms with E-state index in [1.807, 2.05) is 0 Å². The molecule has 0 bridgehead atoms. The maximum Gasteiger partial charge on any atom is 0.322 e. The number of nitrogens with one attached hydrogen (secondary N) is 4. The molecule has 3 atom stereocenters. The van der Waals surface area contributed by atoms with E-state index in [1.54, 1.807) is 0 Å². The Morgan fingerprint density at radius 2 is 1.70 bits per heavy atom. The quantitative estimate of drug-likeness (QED) is 0.153. The minimum Gasteiger partial charge on any atom is -0.481 e. The number of aliphatic hydroxyl groups excluding tert-OH is 1. The van der Waals surface area contributed by atoms with E-state index in [9.17, 15) is 29.1 Å². The van der Waals surface area contributed by atoms with Crippen LogP contribution in [0, 0.1) is 0 Å². The Hall–Kier alpha value is -3.52. The van der Waals surface area contributed by atoms with Gasteiger partial charge in [-0.25, -0.2) is 4.98 Å². The molecule has 3 amide bonds. The Balaban J connectivity index is 2.77. The van der Waals surface area contributed by atoms with E-state index in [1.165, 1.54) is 12.5 Å². The van der Waals surface area contributed by atoms with Gasteiger partial charge in [-0.2, -0.15) is 0 Å². The number of amides is 3. The molecule has 0 aliphatic carbocycles. The van der Waals surface area contributed by atoms with Gasteiger partial charge in [-0.15, -0.1) is 0 Å². The number of hydrogen-bond acceptors (Lipinski definition) is 8. The van der Waals surface area contributed by atoms with Gasteiger partial charge >= 0.3 is 11.9 Å². The zero-order valence-electron chi connectivity index (χ0n) is 15.8. The average molecular weight is 428 g/mol. The van der Waals surface area contributed by atoms with Crippen LogP contribution in [-0.4, -0.2) is 86.2 Å². The van der Waals surface area contributed by atoms with Crippen LogP contribution in [-0.2, 0) is 30.4 Å². The summed E-state index contributed by atoms with van der Waals surface area (Å²) in [5.74, 6) is -5.02. The smallest absolute Gasteiger partial charge is 0.322 e. The van der Waals surface area contributed by atoms with Gasteiger partial charge in [-0.3, -0.25) is 24.0 Å². The average Bonchev–Trinajstić information content (AvgIpc) is 3.20. The van der Waals surface area contributed by atoms with E-state index in [0.717, 1.165) is 0 Å². The highest BCUT2D eigenvalue weighted by molar-refractivity contribution is 5.93. The number of aliphatic hydroxyl groups is 1. The van der Waals surface area contributed by atoms with Gasteiger partial charge in [0.25, 0.3) is 0 Å². The van der Waals surface area contributed by atoms with E-state index >= 15 is 0 Å². The van der Waals surface area contributed by atoms with E-state index < -0.39 is 60.9 Å². The number of nitrogens with two attached hydrogens (primary N) is 1. The summed E-state index contributed by atoms with van der Waals surface area (Å²) in [7, 11) is 0. The lowest BCUT2D eigenvalue weighted by Crippen LogP contribution is -2.57. The molecule has 0 saturated heterocycles. The number of aromatic nitrogens is 2. The number of hydrogen-bond donors (Lipinski definition) is 8. The zero-order valence-corrected chi connectivity index (χ0v) is 15.8. The number of H-pyrrole nitrogens is 1. The third-order valence-electron chi connectivity index (χ3n) is 3.85. The predicted molar refractivity (Wildman–Crippen MR) is 98.7 cm³/mol. The molecule has 0 aromatic carbocycles. The van der Waals surface area contributed by atoms with Crippen molar-refractivity contribution in [2.75, 3.05) is 13.2 Å². The van der Waals surface area contributed by atoms with Gasteiger partial charge in [0.15, 0.2) is 0 Å². The first-order chi connectivity index (χ1) is 14.1. The molecule has 0 aliphatic heterocycles. The summed E-state index contributed by atoms with van der Waals surface area (Å²) in [5.41, 5.74) is 6.02. The van der Waals surface area contributed by atoms with Crippen molar-refractivity contribution in [1.82, 2.24) is 25.9 Å². The number of carboxylic acid groups (broad SMARTS) is 2. The normalized spacial score (nSPS) is 13.5. The first kappa shape index (κ1) is 24.5. The van der Waals surface area contributed by atoms with Crippen LogP contribution >= 0.6 is 0 Å². The van der Waals surface area contributed by atoms with Gasteiger partial charge in [0, 0.05) is 24.7 Å². The molecule has 14 heteroatoms. The van der Waals surface area contributed by atoms with Gasteiger partial charge in [-0.1, -0.05) is 0 Å². The molecule has 9 N–H and O–H groups in total. The molecule has 1 rings (SSSR count). The second-order valence-electron chi connectivity index (χ2n) is 6.24. The third kappa shape index (κ3) is 8.66. The summed E-state index contributed by atoms with van der Waals surface area (Å²) < 4.78 is 0. The SMILES string of the molecule is NC(CCC(=O)O)C(=O)NC(CO)C(=O)NC(Cc1cnc[nH]1)C(=O)NCC(=O)O. The fourth-order valence-electron chi connectivity index (χ4n) is 2.27. The predicted octanol–water partition coefficient (Wildman–Crippen LogP) is -3.69. The molecule has 1 aromatic heterocycles. The second kappa shape index (κ2) is 12.1. The van der Waals surface area contributed by atoms with Crippen LogP contribution in [0.1, 0.15) is 18.5 Å². The Kier molecular flexibility index (Phi) is 9.91. The van der Waals surface area contributed by atoms with Gasteiger partial charge in [0.1, 0.15) is 18.6 Å². The Labute approximate surface area is 170 Å². The number of rotatable bonds is 13. The van der Waals surface area contributed by atoms with Gasteiger partial charge in [0.2, 0.25) is 17.7 Å². The lowest BCUT2D eigenvalue weighted by molar-refractivity contribution is -0.139. The molecule has 0 spiro atoms. The number of aliphatic carboxylic acids is 2. The molecule has 3 unspecified atom stereocenters. The van der Waals surface area contributed by atoms with Crippen LogP contribution in [0.4, 0.5) is 0 Å². The van der Waals surface area contributed by atoms with Crippen LogP contribution in [0.3, 0.4) is 0 Å². The largest absolute Gasteiger partial charge is 0.481 e. The van der Waals surface area contributed by atoms with Crippen LogP contribution in [0.2, 0.25) is 0 Å². The first-order valence-electron chi connectivity index (χ1n) is 8.79. The second-order valence-corrected chi connectivity index (χ2v) is 6.24. The lowest BCUT2D eigenvalue weighted by Gasteiger charge is -2.22. The monoisotopic (exact) mass is 428 g/mol. The van der Waals surface area contributed by atoms with E-state index in [0.29, 0.717) is 5.69 Å². The van der Waals surface area contributed by atoms with Crippen molar-refractivity contribution in [2.45, 2.75) is 37.4 Å². The number of nitrogens with zero attached hydrogens (tertiary/aromatic N) is 1. The van der Waals surface area contributed by atoms with E-state index in [4.69, 9.17) is 15.9 Å². The number of carbonyl (C=O) groups excluding carboxylic acids is 3. The van der Waals surface area contributed by atoms with Crippen molar-refractivity contribution in [3.63, 3.8) is 0 Å². The van der Waals surface area contributed by atoms with E-state index in [-0.39, 0.29) is 19.3 Å². The third-order valence-corrected chi connectivity index (χ3v) is 3.85. The van der Waals surface area contributed by atoms with Crippen molar-refractivity contribution < 1.29 is 39.3 Å². The highest BCUT2D eigenvalue weighted by atomic mass is 16.4. The van der Waals surface area contributed by atoms with Crippen LogP contribution in [0.5, 0.6) is 0 Å². The van der Waals surface area contributed by atoms with Crippen molar-refractivity contribution >= 4 is 29.7 Å². The number of carboxylic acids is 2. The molecular formula is C16H24N6O8. The topological polar surface area (TPSA) is 237 Å². The molecule has 0 aliphatic rings. The Morgan fingerprint density at radius 1 is 1.03 bits per heavy atom. The van der Waals surface area contributed by atoms with Gasteiger partial charge in [-0.05, 0) is 6.42 Å². The molecular weight excluding hydrogens is 404 g/mol. The van der Waals surface area contributed by atoms with Crippen molar-refractivity contribution in [1.29, 1.82) is 0 Å². The Bertz CT molecular complexity index is 753.